The zero-order valence-corrected chi connectivity index (χ0v) is 16.7. The van der Waals surface area contributed by atoms with E-state index in [0.29, 0.717) is 24.3 Å². The number of carbonyl (C=O) groups is 1. The van der Waals surface area contributed by atoms with Crippen LogP contribution in [0.25, 0.3) is 11.3 Å². The number of benzene rings is 2. The van der Waals surface area contributed by atoms with Gasteiger partial charge in [-0.05, 0) is 41.5 Å². The Morgan fingerprint density at radius 2 is 1.77 bits per heavy atom. The number of amides is 1. The lowest BCUT2D eigenvalue weighted by Crippen LogP contribution is -2.23. The molecular formula is C24H22N4O2. The molecule has 0 saturated carbocycles. The van der Waals surface area contributed by atoms with Crippen molar-refractivity contribution in [2.24, 2.45) is 0 Å². The van der Waals surface area contributed by atoms with E-state index in [1.807, 2.05) is 66.7 Å². The van der Waals surface area contributed by atoms with E-state index in [-0.39, 0.29) is 5.91 Å². The van der Waals surface area contributed by atoms with E-state index in [1.165, 1.54) is 0 Å². The van der Waals surface area contributed by atoms with Crippen LogP contribution in [0.5, 0.6) is 5.75 Å². The van der Waals surface area contributed by atoms with Crippen molar-refractivity contribution in [2.45, 2.75) is 13.1 Å². The first-order valence-electron chi connectivity index (χ1n) is 9.66. The Kier molecular flexibility index (Phi) is 5.85. The number of methoxy groups -OCH3 is 1. The smallest absolute Gasteiger partial charge is 0.255 e. The summed E-state index contributed by atoms with van der Waals surface area (Å²) in [5.41, 5.74) is 4.07. The van der Waals surface area contributed by atoms with Crippen molar-refractivity contribution in [1.82, 2.24) is 20.1 Å². The van der Waals surface area contributed by atoms with Crippen molar-refractivity contribution in [3.05, 3.63) is 102 Å². The SMILES string of the molecule is COc1ccc(-c2nn(Cc3ccccc3)cc2C(=O)NCc2cccnc2)cc1. The molecule has 0 unspecified atom stereocenters. The minimum absolute atomic E-state index is 0.177. The van der Waals surface area contributed by atoms with E-state index in [2.05, 4.69) is 10.3 Å². The molecule has 1 amide bonds. The number of hydrogen-bond acceptors (Lipinski definition) is 4. The molecule has 0 spiro atoms. The maximum atomic E-state index is 13.0. The van der Waals surface area contributed by atoms with Gasteiger partial charge in [-0.2, -0.15) is 5.10 Å². The Morgan fingerprint density at radius 1 is 1.00 bits per heavy atom. The van der Waals surface area contributed by atoms with E-state index >= 15 is 0 Å². The van der Waals surface area contributed by atoms with Crippen molar-refractivity contribution in [2.75, 3.05) is 7.11 Å². The third kappa shape index (κ3) is 4.55. The van der Waals surface area contributed by atoms with Gasteiger partial charge in [0, 0.05) is 30.7 Å². The molecule has 0 saturated heterocycles. The van der Waals surface area contributed by atoms with Crippen LogP contribution >= 0.6 is 0 Å². The average Bonchev–Trinajstić information content (AvgIpc) is 3.22. The van der Waals surface area contributed by atoms with E-state index in [4.69, 9.17) is 9.84 Å². The summed E-state index contributed by atoms with van der Waals surface area (Å²) in [5, 5.41) is 7.68. The number of nitrogens with one attached hydrogen (secondary N) is 1. The van der Waals surface area contributed by atoms with E-state index in [9.17, 15) is 4.79 Å². The summed E-state index contributed by atoms with van der Waals surface area (Å²) in [6, 6.07) is 21.4. The fraction of sp³-hybridized carbons (Fsp3) is 0.125. The summed E-state index contributed by atoms with van der Waals surface area (Å²) < 4.78 is 7.04. The maximum Gasteiger partial charge on any atom is 0.255 e. The lowest BCUT2D eigenvalue weighted by molar-refractivity contribution is 0.0951. The highest BCUT2D eigenvalue weighted by Crippen LogP contribution is 2.25. The fourth-order valence-electron chi connectivity index (χ4n) is 3.18. The molecule has 4 aromatic rings. The van der Waals surface area contributed by atoms with E-state index in [0.717, 1.165) is 22.4 Å². The molecule has 0 aliphatic carbocycles. The standard InChI is InChI=1S/C24H22N4O2/c1-30-21-11-9-20(10-12-21)23-22(24(29)26-15-19-8-5-13-25-14-19)17-28(27-23)16-18-6-3-2-4-7-18/h2-14,17H,15-16H2,1H3,(H,26,29). The number of carbonyl (C=O) groups excluding carboxylic acids is 1. The van der Waals surface area contributed by atoms with Crippen LogP contribution in [-0.4, -0.2) is 27.8 Å². The second-order valence-corrected chi connectivity index (χ2v) is 6.85. The molecular weight excluding hydrogens is 376 g/mol. The van der Waals surface area contributed by atoms with E-state index in [1.54, 1.807) is 30.4 Å². The number of hydrogen-bond donors (Lipinski definition) is 1. The Balaban J connectivity index is 1.62. The highest BCUT2D eigenvalue weighted by atomic mass is 16.5. The second-order valence-electron chi connectivity index (χ2n) is 6.85. The highest BCUT2D eigenvalue weighted by molar-refractivity contribution is 5.99. The molecule has 6 heteroatoms. The molecule has 4 rings (SSSR count). The lowest BCUT2D eigenvalue weighted by Gasteiger charge is -2.06. The number of ether oxygens (including phenoxy) is 1. The van der Waals surface area contributed by atoms with Crippen LogP contribution in [-0.2, 0) is 13.1 Å². The van der Waals surface area contributed by atoms with E-state index < -0.39 is 0 Å². The number of aromatic nitrogens is 3. The minimum Gasteiger partial charge on any atom is -0.497 e. The predicted molar refractivity (Wildman–Crippen MR) is 115 cm³/mol. The van der Waals surface area contributed by atoms with Crippen LogP contribution in [0.15, 0.2) is 85.3 Å². The first kappa shape index (κ1) is 19.4. The number of rotatable bonds is 7. The van der Waals surface area contributed by atoms with Crippen LogP contribution in [0, 0.1) is 0 Å². The van der Waals surface area contributed by atoms with Gasteiger partial charge in [0.25, 0.3) is 5.91 Å². The van der Waals surface area contributed by atoms with Gasteiger partial charge in [-0.3, -0.25) is 14.5 Å². The molecule has 2 heterocycles. The molecule has 0 radical (unpaired) electrons. The Bertz CT molecular complexity index is 1110. The molecule has 1 N–H and O–H groups in total. The molecule has 30 heavy (non-hydrogen) atoms. The second kappa shape index (κ2) is 9.05. The molecule has 0 aliphatic rings. The summed E-state index contributed by atoms with van der Waals surface area (Å²) >= 11 is 0. The van der Waals surface area contributed by atoms with Crippen molar-refractivity contribution >= 4 is 5.91 Å². The van der Waals surface area contributed by atoms with Crippen molar-refractivity contribution < 1.29 is 9.53 Å². The average molecular weight is 398 g/mol. The van der Waals surface area contributed by atoms with Gasteiger partial charge in [0.05, 0.1) is 19.2 Å². The van der Waals surface area contributed by atoms with Gasteiger partial charge in [-0.1, -0.05) is 36.4 Å². The quantitative estimate of drug-likeness (QED) is 0.512. The van der Waals surface area contributed by atoms with Crippen LogP contribution in [0.4, 0.5) is 0 Å². The van der Waals surface area contributed by atoms with Crippen molar-refractivity contribution in [1.29, 1.82) is 0 Å². The summed E-state index contributed by atoms with van der Waals surface area (Å²) in [4.78, 5) is 17.1. The monoisotopic (exact) mass is 398 g/mol. The Morgan fingerprint density at radius 3 is 2.47 bits per heavy atom. The van der Waals surface area contributed by atoms with Gasteiger partial charge in [0.2, 0.25) is 0 Å². The number of nitrogens with zero attached hydrogens (tertiary/aromatic N) is 3. The van der Waals surface area contributed by atoms with Crippen molar-refractivity contribution in [3.8, 4) is 17.0 Å². The van der Waals surface area contributed by atoms with Gasteiger partial charge in [-0.25, -0.2) is 0 Å². The van der Waals surface area contributed by atoms with Gasteiger partial charge >= 0.3 is 0 Å². The lowest BCUT2D eigenvalue weighted by atomic mass is 10.1. The van der Waals surface area contributed by atoms with Crippen molar-refractivity contribution in [3.63, 3.8) is 0 Å². The summed E-state index contributed by atoms with van der Waals surface area (Å²) in [5.74, 6) is 0.578. The van der Waals surface area contributed by atoms with Crippen LogP contribution in [0.1, 0.15) is 21.5 Å². The molecule has 2 aromatic heterocycles. The number of pyridine rings is 1. The topological polar surface area (TPSA) is 69.0 Å². The molecule has 0 fully saturated rings. The van der Waals surface area contributed by atoms with Crippen LogP contribution in [0.3, 0.4) is 0 Å². The highest BCUT2D eigenvalue weighted by Gasteiger charge is 2.18. The normalized spacial score (nSPS) is 10.6. The Hall–Kier alpha value is -3.93. The Labute approximate surface area is 175 Å². The molecule has 0 atom stereocenters. The minimum atomic E-state index is -0.177. The first-order valence-corrected chi connectivity index (χ1v) is 9.66. The summed E-state index contributed by atoms with van der Waals surface area (Å²) in [6.45, 7) is 0.985. The maximum absolute atomic E-state index is 13.0. The van der Waals surface area contributed by atoms with Gasteiger partial charge < -0.3 is 10.1 Å². The molecule has 2 aromatic carbocycles. The van der Waals surface area contributed by atoms with Gasteiger partial charge in [-0.15, -0.1) is 0 Å². The molecule has 150 valence electrons. The first-order chi connectivity index (χ1) is 14.7. The summed E-state index contributed by atoms with van der Waals surface area (Å²) in [7, 11) is 1.63. The molecule has 0 aliphatic heterocycles. The zero-order valence-electron chi connectivity index (χ0n) is 16.7. The largest absolute Gasteiger partial charge is 0.497 e. The third-order valence-electron chi connectivity index (χ3n) is 4.73. The summed E-state index contributed by atoms with van der Waals surface area (Å²) in [6.07, 6.45) is 5.25. The van der Waals surface area contributed by atoms with Gasteiger partial charge in [0.15, 0.2) is 0 Å². The zero-order chi connectivity index (χ0) is 20.8. The molecule has 6 nitrogen and oxygen atoms in total. The van der Waals surface area contributed by atoms with Crippen LogP contribution in [0.2, 0.25) is 0 Å². The molecule has 0 bridgehead atoms. The predicted octanol–water partition coefficient (Wildman–Crippen LogP) is 3.93. The van der Waals surface area contributed by atoms with Crippen LogP contribution < -0.4 is 10.1 Å². The third-order valence-corrected chi connectivity index (χ3v) is 4.73. The van der Waals surface area contributed by atoms with Gasteiger partial charge in [0.1, 0.15) is 11.4 Å². The fourth-order valence-corrected chi connectivity index (χ4v) is 3.18.